The molecule has 5 rings (SSSR count). The molecule has 4 heterocycles. The molecule has 0 saturated carbocycles. The van der Waals surface area contributed by atoms with Gasteiger partial charge in [0.1, 0.15) is 47.9 Å². The Balaban J connectivity index is 1.39. The van der Waals surface area contributed by atoms with Crippen LogP contribution in [0.4, 0.5) is 0 Å². The van der Waals surface area contributed by atoms with Crippen LogP contribution >= 0.6 is 0 Å². The van der Waals surface area contributed by atoms with Crippen molar-refractivity contribution in [3.63, 3.8) is 0 Å². The number of likely N-dealkylation sites (N-methyl/N-ethyl adjacent to an activating group) is 2. The van der Waals surface area contributed by atoms with E-state index < -0.39 is 119 Å². The van der Waals surface area contributed by atoms with Crippen LogP contribution in [0.2, 0.25) is 0 Å². The van der Waals surface area contributed by atoms with E-state index in [9.17, 15) is 44.7 Å². The Bertz CT molecular complexity index is 2560. The zero-order valence-corrected chi connectivity index (χ0v) is 52.7. The number of methoxy groups -OCH3 is 1. The number of hydrogen-bond donors (Lipinski definition) is 6. The van der Waals surface area contributed by atoms with Crippen molar-refractivity contribution in [2.75, 3.05) is 86.2 Å². The van der Waals surface area contributed by atoms with Gasteiger partial charge in [-0.3, -0.25) is 19.1 Å². The van der Waals surface area contributed by atoms with E-state index in [4.69, 9.17) is 42.7 Å². The monoisotopic (exact) mass is 1190 g/mol. The first-order chi connectivity index (χ1) is 39.4. The minimum atomic E-state index is -2.00. The molecule has 1 aromatic heterocycles. The molecule has 18 atom stereocenters. The third-order valence-corrected chi connectivity index (χ3v) is 17.3. The van der Waals surface area contributed by atoms with Gasteiger partial charge in [-0.2, -0.15) is 0 Å². The van der Waals surface area contributed by atoms with E-state index in [-0.39, 0.29) is 68.5 Å². The molecule has 0 amide bonds. The SMILES string of the molecule is CC[C@H]1OC(=O)[C@H](C)[C@@H](O[C@H]2C[C@@](C)(OC)[C@@H](OC(=O)CCNCCOc3ccc4c(=O)c(C(=O)O)cn(N(C)C)c4c3)[C@H](C)O2)[C@H](C)[C@@H](O[C@@H]2O[C@H](C)C[C@H](N(C)C)[C@H]2O)[C@](C)(O)C[C@@H](C)/C(=N\OCCN(CC)CC)[C@@H](C)[C@@H](O)[C@]1(C)O. The Morgan fingerprint density at radius 1 is 0.893 bits per heavy atom. The van der Waals surface area contributed by atoms with Crippen LogP contribution in [0.25, 0.3) is 10.9 Å². The second-order valence-corrected chi connectivity index (χ2v) is 24.3. The molecule has 3 aliphatic heterocycles. The summed E-state index contributed by atoms with van der Waals surface area (Å²) in [5.41, 5.74) is -5.15. The number of aromatic nitrogens is 1. The molecule has 84 heavy (non-hydrogen) atoms. The summed E-state index contributed by atoms with van der Waals surface area (Å²) in [5, 5.41) is 68.6. The van der Waals surface area contributed by atoms with Crippen molar-refractivity contribution in [1.82, 2.24) is 19.8 Å². The van der Waals surface area contributed by atoms with Crippen LogP contribution in [-0.2, 0) is 47.6 Å². The normalized spacial score (nSPS) is 35.2. The number of carbonyl (C=O) groups is 3. The smallest absolute Gasteiger partial charge is 0.341 e. The molecular weight excluding hydrogens is 1090 g/mol. The maximum atomic E-state index is 14.8. The zero-order chi connectivity index (χ0) is 62.8. The summed E-state index contributed by atoms with van der Waals surface area (Å²) >= 11 is 0. The maximum absolute atomic E-state index is 14.8. The molecule has 6 N–H and O–H groups in total. The quantitative estimate of drug-likeness (QED) is 0.0525. The average molecular weight is 1190 g/mol. The van der Waals surface area contributed by atoms with Gasteiger partial charge in [0, 0.05) is 88.7 Å². The highest BCUT2D eigenvalue weighted by Gasteiger charge is 2.54. The fourth-order valence-corrected chi connectivity index (χ4v) is 12.3. The molecule has 24 nitrogen and oxygen atoms in total. The van der Waals surface area contributed by atoms with Crippen molar-refractivity contribution in [3.8, 4) is 5.75 Å². The molecule has 0 spiro atoms. The largest absolute Gasteiger partial charge is 0.492 e. The Morgan fingerprint density at radius 3 is 2.18 bits per heavy atom. The Hall–Kier alpha value is -4.57. The van der Waals surface area contributed by atoms with Crippen LogP contribution in [0.5, 0.6) is 5.75 Å². The van der Waals surface area contributed by atoms with Crippen LogP contribution in [-0.4, -0.2) is 229 Å². The van der Waals surface area contributed by atoms with Crippen LogP contribution in [0.15, 0.2) is 34.3 Å². The highest BCUT2D eigenvalue weighted by molar-refractivity contribution is 5.93. The lowest BCUT2D eigenvalue weighted by molar-refractivity contribution is -0.318. The van der Waals surface area contributed by atoms with E-state index in [1.807, 2.05) is 46.7 Å². The van der Waals surface area contributed by atoms with E-state index >= 15 is 0 Å². The number of aliphatic hydroxyl groups is 4. The third kappa shape index (κ3) is 16.9. The maximum Gasteiger partial charge on any atom is 0.341 e. The number of nitrogens with zero attached hydrogens (tertiary/aromatic N) is 5. The topological polar surface area (TPSA) is 292 Å². The highest BCUT2D eigenvalue weighted by Crippen LogP contribution is 2.42. The summed E-state index contributed by atoms with van der Waals surface area (Å²) in [7, 11) is 8.64. The van der Waals surface area contributed by atoms with Crippen molar-refractivity contribution in [1.29, 1.82) is 0 Å². The van der Waals surface area contributed by atoms with Gasteiger partial charge in [-0.15, -0.1) is 0 Å². The van der Waals surface area contributed by atoms with Gasteiger partial charge in [-0.1, -0.05) is 46.7 Å². The minimum absolute atomic E-state index is 0.00241. The summed E-state index contributed by atoms with van der Waals surface area (Å²) < 4.78 is 52.6. The van der Waals surface area contributed by atoms with E-state index in [1.54, 1.807) is 84.4 Å². The molecule has 2 aromatic rings. The van der Waals surface area contributed by atoms with Crippen LogP contribution in [0, 0.1) is 23.7 Å². The summed E-state index contributed by atoms with van der Waals surface area (Å²) in [6, 6.07) is 4.41. The lowest BCUT2D eigenvalue weighted by Crippen LogP contribution is -2.61. The number of pyridine rings is 1. The van der Waals surface area contributed by atoms with Gasteiger partial charge in [-0.25, -0.2) is 4.79 Å². The highest BCUT2D eigenvalue weighted by atomic mass is 16.7. The number of carboxylic acid groups (broad SMARTS) is 1. The number of hydrogen-bond acceptors (Lipinski definition) is 22. The molecule has 3 fully saturated rings. The van der Waals surface area contributed by atoms with Gasteiger partial charge >= 0.3 is 17.9 Å². The van der Waals surface area contributed by atoms with Gasteiger partial charge in [-0.05, 0) is 100 Å². The standard InChI is InChI=1S/C60H100N6O18/c1-18-45-60(12,75)52(70)36(6)48(62-78-28-26-65(19-2)20-3)34(4)31-58(10,74)53(84-57-50(69)44(63(13)14)29-35(5)79-57)37(7)51(38(8)56(73)81-45)83-47-32-59(11,76-17)54(39(9)80-47)82-46(67)23-24-61-25-27-77-40-21-22-41-43(30-40)66(64(15)16)33-42(49(41)68)55(71)72/h21-22,30,33-39,44-45,47,50-54,57,61,69-70,74-75H,18-20,23-29,31-32H2,1-17H3,(H,71,72)/b62-48+/t34-,35-,36-,37+,38-,39+,44+,45-,47+,50-,51+,52-,53-,54+,57+,58-,59-,60-/m1/s1. The number of carboxylic acids is 1. The number of esters is 2. The molecule has 0 bridgehead atoms. The number of fused-ring (bicyclic) bond motifs is 1. The first-order valence-electron chi connectivity index (χ1n) is 29.8. The predicted molar refractivity (Wildman–Crippen MR) is 315 cm³/mol. The van der Waals surface area contributed by atoms with Gasteiger partial charge in [0.2, 0.25) is 5.43 Å². The molecule has 0 unspecified atom stereocenters. The molecule has 0 radical (unpaired) electrons. The lowest BCUT2D eigenvalue weighted by atomic mass is 9.73. The summed E-state index contributed by atoms with van der Waals surface area (Å²) in [6.07, 6.45) is -8.93. The van der Waals surface area contributed by atoms with Gasteiger partial charge in [0.25, 0.3) is 0 Å². The fraction of sp³-hybridized carbons (Fsp3) is 0.783. The lowest BCUT2D eigenvalue weighted by Gasteiger charge is -2.49. The number of ether oxygens (including phenoxy) is 8. The van der Waals surface area contributed by atoms with Crippen LogP contribution in [0.1, 0.15) is 126 Å². The van der Waals surface area contributed by atoms with E-state index in [2.05, 4.69) is 15.4 Å². The number of cyclic esters (lactones) is 1. The average Bonchev–Trinajstić information content (AvgIpc) is 2.13. The predicted octanol–water partition coefficient (Wildman–Crippen LogP) is 3.75. The second kappa shape index (κ2) is 30.4. The Kier molecular flexibility index (Phi) is 25.4. The number of benzene rings is 1. The van der Waals surface area contributed by atoms with Crippen molar-refractivity contribution >= 4 is 34.5 Å². The van der Waals surface area contributed by atoms with E-state index in [0.29, 0.717) is 36.5 Å². The summed E-state index contributed by atoms with van der Waals surface area (Å²) in [6.45, 7) is 24.4. The Morgan fingerprint density at radius 2 is 1.57 bits per heavy atom. The van der Waals surface area contributed by atoms with Crippen molar-refractivity contribution in [3.05, 3.63) is 40.2 Å². The molecule has 0 aliphatic carbocycles. The Labute approximate surface area is 495 Å². The molecule has 3 aliphatic rings. The molecule has 1 aromatic carbocycles. The number of nitrogens with one attached hydrogen (secondary N) is 1. The molecular formula is C60H100N6O18. The summed E-state index contributed by atoms with van der Waals surface area (Å²) in [4.78, 5) is 62.9. The third-order valence-electron chi connectivity index (χ3n) is 17.3. The summed E-state index contributed by atoms with van der Waals surface area (Å²) in [5.74, 6) is -5.73. The number of aromatic carboxylic acids is 1. The molecule has 24 heteroatoms. The minimum Gasteiger partial charge on any atom is -0.492 e. The second-order valence-electron chi connectivity index (χ2n) is 24.3. The first kappa shape index (κ1) is 70.2. The molecule has 3 saturated heterocycles. The molecule has 478 valence electrons. The van der Waals surface area contributed by atoms with Gasteiger partial charge in [0.05, 0.1) is 59.7 Å². The van der Waals surface area contributed by atoms with Crippen LogP contribution < -0.4 is 20.5 Å². The number of rotatable bonds is 23. The van der Waals surface area contributed by atoms with Crippen molar-refractivity contribution in [2.24, 2.45) is 28.8 Å². The number of carbonyl (C=O) groups excluding carboxylic acids is 2. The fourth-order valence-electron chi connectivity index (χ4n) is 12.3. The van der Waals surface area contributed by atoms with Crippen molar-refractivity contribution in [2.45, 2.75) is 199 Å². The van der Waals surface area contributed by atoms with Gasteiger partial charge < -0.3 is 88.4 Å². The first-order valence-corrected chi connectivity index (χ1v) is 29.8. The van der Waals surface area contributed by atoms with Crippen LogP contribution in [0.3, 0.4) is 0 Å². The van der Waals surface area contributed by atoms with Gasteiger partial charge in [0.15, 0.2) is 18.7 Å². The zero-order valence-electron chi connectivity index (χ0n) is 52.7. The van der Waals surface area contributed by atoms with Crippen molar-refractivity contribution < 1.29 is 82.6 Å². The van der Waals surface area contributed by atoms with E-state index in [1.165, 1.54) is 26.3 Å². The number of oxime groups is 1. The number of aliphatic hydroxyl groups excluding tert-OH is 2. The van der Waals surface area contributed by atoms with E-state index in [0.717, 1.165) is 13.1 Å².